The molecule has 9 heteroatoms. The minimum Gasteiger partial charge on any atom is -0.477 e. The van der Waals surface area contributed by atoms with Crippen LogP contribution < -0.4 is 10.3 Å². The predicted octanol–water partition coefficient (Wildman–Crippen LogP) is 3.75. The van der Waals surface area contributed by atoms with E-state index in [-0.39, 0.29) is 22.5 Å². The number of nitrogens with zero attached hydrogens (tertiary/aromatic N) is 1. The zero-order valence-corrected chi connectivity index (χ0v) is 19.1. The molecule has 0 amide bonds. The molecule has 0 aliphatic rings. The molecular weight excluding hydrogens is 444 g/mol. The van der Waals surface area contributed by atoms with Crippen LogP contribution in [0.4, 0.5) is 0 Å². The van der Waals surface area contributed by atoms with Gasteiger partial charge in [-0.2, -0.15) is 0 Å². The first-order valence-corrected chi connectivity index (χ1v) is 11.5. The number of hydrogen-bond acceptors (Lipinski definition) is 5. The number of carboxylic acid groups (broad SMARTS) is 1. The maximum atomic E-state index is 12.7. The van der Waals surface area contributed by atoms with Gasteiger partial charge in [0.1, 0.15) is 33.4 Å². The van der Waals surface area contributed by atoms with E-state index < -0.39 is 16.7 Å². The van der Waals surface area contributed by atoms with Crippen LogP contribution in [0.5, 0.6) is 11.5 Å². The third kappa shape index (κ3) is 4.27. The van der Waals surface area contributed by atoms with Crippen molar-refractivity contribution >= 4 is 27.6 Å². The molecule has 0 saturated carbocycles. The molecule has 2 aromatic carbocycles. The molecule has 2 heterocycles. The molecule has 0 unspecified atom stereocenters. The van der Waals surface area contributed by atoms with Crippen LogP contribution in [0.1, 0.15) is 27.2 Å². The summed E-state index contributed by atoms with van der Waals surface area (Å²) in [5.41, 5.74) is 3.13. The monoisotopic (exact) mass is 466 g/mol. The van der Waals surface area contributed by atoms with E-state index >= 15 is 0 Å². The molecule has 4 rings (SSSR count). The Hall–Kier alpha value is -3.85. The van der Waals surface area contributed by atoms with E-state index in [0.717, 1.165) is 11.1 Å². The summed E-state index contributed by atoms with van der Waals surface area (Å²) in [5.74, 6) is -0.226. The molecule has 0 aliphatic heterocycles. The van der Waals surface area contributed by atoms with Gasteiger partial charge in [0.25, 0.3) is 5.56 Å². The number of thiol groups is 1. The second kappa shape index (κ2) is 8.59. The Morgan fingerprint density at radius 1 is 1.09 bits per heavy atom. The van der Waals surface area contributed by atoms with Crippen LogP contribution in [0.25, 0.3) is 22.0 Å². The van der Waals surface area contributed by atoms with E-state index in [0.29, 0.717) is 33.6 Å². The summed E-state index contributed by atoms with van der Waals surface area (Å²) >= 11 is 0. The molecule has 0 bridgehead atoms. The van der Waals surface area contributed by atoms with Gasteiger partial charge in [-0.15, -0.1) is 0 Å². The Kier molecular flexibility index (Phi) is 5.82. The van der Waals surface area contributed by atoms with Gasteiger partial charge in [0, 0.05) is 29.8 Å². The van der Waals surface area contributed by atoms with E-state index in [2.05, 4.69) is 4.98 Å². The van der Waals surface area contributed by atoms with Gasteiger partial charge >= 0.3 is 5.97 Å². The Bertz CT molecular complexity index is 1520. The van der Waals surface area contributed by atoms with Gasteiger partial charge in [-0.3, -0.25) is 4.79 Å². The van der Waals surface area contributed by atoms with Gasteiger partial charge < -0.3 is 19.4 Å². The van der Waals surface area contributed by atoms with E-state index in [1.807, 2.05) is 32.0 Å². The number of rotatable bonds is 6. The van der Waals surface area contributed by atoms with Crippen molar-refractivity contribution in [3.05, 3.63) is 81.4 Å². The number of nitrogens with one attached hydrogen (secondary N) is 1. The number of fused-ring (bicyclic) bond motifs is 1. The molecule has 2 aromatic heterocycles. The van der Waals surface area contributed by atoms with E-state index in [1.54, 1.807) is 31.4 Å². The summed E-state index contributed by atoms with van der Waals surface area (Å²) < 4.78 is 30.4. The van der Waals surface area contributed by atoms with Crippen LogP contribution in [0.15, 0.2) is 53.5 Å². The van der Waals surface area contributed by atoms with Crippen LogP contribution in [0.3, 0.4) is 0 Å². The summed E-state index contributed by atoms with van der Waals surface area (Å²) in [6.45, 7) is 3.85. The number of benzene rings is 2. The molecule has 2 N–H and O–H groups in total. The number of aryl methyl sites for hydroxylation is 3. The summed E-state index contributed by atoms with van der Waals surface area (Å²) in [6, 6.07) is 12.2. The normalized spacial score (nSPS) is 11.3. The van der Waals surface area contributed by atoms with Crippen molar-refractivity contribution in [2.45, 2.75) is 19.6 Å². The highest BCUT2D eigenvalue weighted by molar-refractivity contribution is 7.71. The molecule has 0 fully saturated rings. The Labute approximate surface area is 191 Å². The van der Waals surface area contributed by atoms with Crippen LogP contribution in [-0.2, 0) is 23.5 Å². The van der Waals surface area contributed by atoms with Crippen molar-refractivity contribution in [3.63, 3.8) is 0 Å². The smallest absolute Gasteiger partial charge is 0.352 e. The number of ether oxygens (including phenoxy) is 1. The lowest BCUT2D eigenvalue weighted by Gasteiger charge is -2.17. The van der Waals surface area contributed by atoms with Gasteiger partial charge in [-0.25, -0.2) is 13.2 Å². The summed E-state index contributed by atoms with van der Waals surface area (Å²) in [5, 5.41) is 9.84. The largest absolute Gasteiger partial charge is 0.477 e. The van der Waals surface area contributed by atoms with Crippen molar-refractivity contribution in [3.8, 4) is 22.6 Å². The quantitative estimate of drug-likeness (QED) is 0.373. The van der Waals surface area contributed by atoms with Crippen molar-refractivity contribution in [2.75, 3.05) is 0 Å². The molecular formula is C24H22N2O6S. The SMILES string of the molecule is Cc1cccc(C)c1Oc1ccc(C[SH](=O)=O)cc1-c1cn(C)c(=O)c2[nH]c(C(=O)O)cc12. The van der Waals surface area contributed by atoms with Crippen molar-refractivity contribution in [2.24, 2.45) is 7.05 Å². The number of para-hydroxylation sites is 1. The molecule has 170 valence electrons. The first-order valence-electron chi connectivity index (χ1n) is 10.1. The topological polar surface area (TPSA) is 118 Å². The summed E-state index contributed by atoms with van der Waals surface area (Å²) in [4.78, 5) is 26.9. The molecule has 33 heavy (non-hydrogen) atoms. The number of hydrogen-bond donors (Lipinski definition) is 3. The molecule has 0 saturated heterocycles. The third-order valence-electron chi connectivity index (χ3n) is 5.46. The fourth-order valence-corrected chi connectivity index (χ4v) is 4.35. The van der Waals surface area contributed by atoms with Crippen LogP contribution in [-0.4, -0.2) is 29.0 Å². The van der Waals surface area contributed by atoms with Crippen LogP contribution in [0, 0.1) is 13.8 Å². The lowest BCUT2D eigenvalue weighted by Crippen LogP contribution is -2.16. The van der Waals surface area contributed by atoms with Gasteiger partial charge in [-0.1, -0.05) is 24.3 Å². The minimum atomic E-state index is -2.66. The van der Waals surface area contributed by atoms with Gasteiger partial charge in [0.2, 0.25) is 0 Å². The number of aromatic carboxylic acids is 1. The highest BCUT2D eigenvalue weighted by atomic mass is 32.2. The highest BCUT2D eigenvalue weighted by Gasteiger charge is 2.19. The number of carbonyl (C=O) groups is 1. The van der Waals surface area contributed by atoms with E-state index in [1.165, 1.54) is 10.6 Å². The minimum absolute atomic E-state index is 0.120. The lowest BCUT2D eigenvalue weighted by molar-refractivity contribution is 0.0691. The number of aromatic nitrogens is 2. The summed E-state index contributed by atoms with van der Waals surface area (Å²) in [6.07, 6.45) is 1.60. The second-order valence-electron chi connectivity index (χ2n) is 7.88. The fourth-order valence-electron chi connectivity index (χ4n) is 3.86. The molecule has 4 aromatic rings. The predicted molar refractivity (Wildman–Crippen MR) is 126 cm³/mol. The number of pyridine rings is 1. The maximum Gasteiger partial charge on any atom is 0.352 e. The van der Waals surface area contributed by atoms with E-state index in [4.69, 9.17) is 4.74 Å². The lowest BCUT2D eigenvalue weighted by atomic mass is 10.0. The Morgan fingerprint density at radius 3 is 2.42 bits per heavy atom. The molecule has 8 nitrogen and oxygen atoms in total. The molecule has 0 spiro atoms. The van der Waals surface area contributed by atoms with Gasteiger partial charge in [-0.05, 0) is 48.7 Å². The first-order chi connectivity index (χ1) is 15.7. The highest BCUT2D eigenvalue weighted by Crippen LogP contribution is 2.39. The van der Waals surface area contributed by atoms with Crippen LogP contribution >= 0.6 is 0 Å². The average molecular weight is 467 g/mol. The maximum absolute atomic E-state index is 12.7. The zero-order chi connectivity index (χ0) is 23.9. The number of H-pyrrole nitrogens is 1. The van der Waals surface area contributed by atoms with Gasteiger partial charge in [0.05, 0.1) is 5.75 Å². The zero-order valence-electron chi connectivity index (χ0n) is 18.2. The molecule has 0 aliphatic carbocycles. The second-order valence-corrected chi connectivity index (χ2v) is 8.86. The van der Waals surface area contributed by atoms with E-state index in [9.17, 15) is 23.1 Å². The van der Waals surface area contributed by atoms with Crippen molar-refractivity contribution in [1.82, 2.24) is 9.55 Å². The average Bonchev–Trinajstić information content (AvgIpc) is 3.20. The third-order valence-corrected chi connectivity index (χ3v) is 6.09. The Balaban J connectivity index is 2.01. The molecule has 0 atom stereocenters. The first kappa shape index (κ1) is 22.3. The summed E-state index contributed by atoms with van der Waals surface area (Å²) in [7, 11) is -1.09. The standard InChI is InChI=1S/C24H22N2O6S/c1-13-5-4-6-14(2)22(13)32-20-8-7-15(12-33(30)31)9-16(20)18-11-26(3)23(27)21-17(18)10-19(25-21)24(28)29/h4-11,25,33H,12H2,1-3H3,(H,28,29). The number of aromatic amines is 1. The van der Waals surface area contributed by atoms with Crippen molar-refractivity contribution < 1.29 is 23.1 Å². The van der Waals surface area contributed by atoms with Crippen molar-refractivity contribution in [1.29, 1.82) is 0 Å². The number of carboxylic acids is 1. The fraction of sp³-hybridized carbons (Fsp3) is 0.167. The molecule has 0 radical (unpaired) electrons. The Morgan fingerprint density at radius 2 is 1.79 bits per heavy atom. The van der Waals surface area contributed by atoms with Crippen LogP contribution in [0.2, 0.25) is 0 Å². The van der Waals surface area contributed by atoms with Gasteiger partial charge in [0.15, 0.2) is 0 Å².